The van der Waals surface area contributed by atoms with Crippen LogP contribution >= 0.6 is 0 Å². The zero-order chi connectivity index (χ0) is 35.7. The summed E-state index contributed by atoms with van der Waals surface area (Å²) in [5, 5.41) is 4.99. The Hall–Kier alpha value is -7.04. The van der Waals surface area contributed by atoms with Crippen molar-refractivity contribution in [2.24, 2.45) is 0 Å². The van der Waals surface area contributed by atoms with E-state index in [1.807, 2.05) is 30.6 Å². The van der Waals surface area contributed by atoms with E-state index in [0.717, 1.165) is 88.1 Å². The van der Waals surface area contributed by atoms with E-state index < -0.39 is 0 Å². The van der Waals surface area contributed by atoms with E-state index in [9.17, 15) is 0 Å². The second-order valence-electron chi connectivity index (χ2n) is 13.1. The molecule has 4 aromatic heterocycles. The molecular weight excluding hydrogens is 645 g/mol. The Morgan fingerprint density at radius 1 is 0.528 bits per heavy atom. The second-order valence-corrected chi connectivity index (χ2v) is 13.1. The van der Waals surface area contributed by atoms with Crippen LogP contribution in [-0.2, 0) is 0 Å². The van der Waals surface area contributed by atoms with Crippen molar-refractivity contribution < 1.29 is 0 Å². The highest BCUT2D eigenvalue weighted by atomic mass is 14.7. The molecule has 0 bridgehead atoms. The van der Waals surface area contributed by atoms with Crippen molar-refractivity contribution in [3.05, 3.63) is 186 Å². The van der Waals surface area contributed by atoms with E-state index >= 15 is 0 Å². The number of benzene rings is 5. The standard InChI is InChI=1S/C49H34N4/c1-3-33(28-37-20-23-46(52-32(37)2)40-13-7-12-38(29-40)34-10-5-4-6-11-34)39-21-24-47-41(30-39)22-25-45(53-47)36-18-16-35(17-19-36)44-31-42-14-8-26-50-48(42)49-43(44)15-9-27-51-49/h3-31H,2H2,1H3/b33-3+,37-28-. The molecule has 0 fully saturated rings. The number of fused-ring (bicyclic) bond motifs is 4. The number of hydrogen-bond donors (Lipinski definition) is 0. The summed E-state index contributed by atoms with van der Waals surface area (Å²) in [5.41, 5.74) is 13.6. The molecule has 0 aliphatic rings. The Bertz CT molecular complexity index is 2970. The molecule has 4 heteroatoms. The third kappa shape index (κ3) is 6.17. The quantitative estimate of drug-likeness (QED) is 0.164. The minimum Gasteiger partial charge on any atom is -0.254 e. The summed E-state index contributed by atoms with van der Waals surface area (Å²) in [4.78, 5) is 19.3. The predicted molar refractivity (Wildman–Crippen MR) is 221 cm³/mol. The van der Waals surface area contributed by atoms with Crippen LogP contribution in [0.1, 0.15) is 12.5 Å². The minimum absolute atomic E-state index is 0.743. The van der Waals surface area contributed by atoms with E-state index in [0.29, 0.717) is 0 Å². The van der Waals surface area contributed by atoms with Crippen LogP contribution in [0.4, 0.5) is 0 Å². The molecule has 4 heterocycles. The van der Waals surface area contributed by atoms with E-state index in [2.05, 4.69) is 169 Å². The van der Waals surface area contributed by atoms with Gasteiger partial charge in [-0.05, 0) is 94.9 Å². The highest BCUT2D eigenvalue weighted by Gasteiger charge is 2.11. The lowest BCUT2D eigenvalue weighted by molar-refractivity contribution is 1.23. The highest BCUT2D eigenvalue weighted by Crippen LogP contribution is 2.34. The Morgan fingerprint density at radius 3 is 2.09 bits per heavy atom. The summed E-state index contributed by atoms with van der Waals surface area (Å²) in [6.45, 7) is 6.38. The first-order valence-corrected chi connectivity index (χ1v) is 17.8. The maximum atomic E-state index is 5.06. The van der Waals surface area contributed by atoms with Gasteiger partial charge in [-0.1, -0.05) is 116 Å². The molecule has 9 aromatic rings. The van der Waals surface area contributed by atoms with Crippen LogP contribution in [0, 0.1) is 0 Å². The lowest BCUT2D eigenvalue weighted by Crippen LogP contribution is -2.26. The van der Waals surface area contributed by atoms with Crippen molar-refractivity contribution in [2.75, 3.05) is 0 Å². The molecule has 0 N–H and O–H groups in total. The molecule has 0 amide bonds. The lowest BCUT2D eigenvalue weighted by Gasteiger charge is -2.11. The van der Waals surface area contributed by atoms with Gasteiger partial charge in [-0.25, -0.2) is 9.97 Å². The number of allylic oxidation sites excluding steroid dienone is 2. The van der Waals surface area contributed by atoms with Crippen molar-refractivity contribution >= 4 is 50.9 Å². The third-order valence-corrected chi connectivity index (χ3v) is 9.87. The normalized spacial score (nSPS) is 12.2. The molecule has 0 spiro atoms. The van der Waals surface area contributed by atoms with Crippen LogP contribution in [0.25, 0.3) is 95.7 Å². The van der Waals surface area contributed by atoms with E-state index in [-0.39, 0.29) is 0 Å². The lowest BCUT2D eigenvalue weighted by atomic mass is 9.96. The smallest absolute Gasteiger partial charge is 0.0970 e. The van der Waals surface area contributed by atoms with Crippen LogP contribution < -0.4 is 10.6 Å². The monoisotopic (exact) mass is 678 g/mol. The van der Waals surface area contributed by atoms with Gasteiger partial charge < -0.3 is 0 Å². The Kier molecular flexibility index (Phi) is 8.18. The second kappa shape index (κ2) is 13.6. The van der Waals surface area contributed by atoms with Gasteiger partial charge in [0.25, 0.3) is 0 Å². The summed E-state index contributed by atoms with van der Waals surface area (Å²) < 4.78 is 0. The van der Waals surface area contributed by atoms with Crippen LogP contribution in [0.2, 0.25) is 0 Å². The first-order chi connectivity index (χ1) is 26.1. The van der Waals surface area contributed by atoms with Gasteiger partial charge in [-0.15, -0.1) is 0 Å². The molecule has 53 heavy (non-hydrogen) atoms. The number of aromatic nitrogens is 4. The Labute approximate surface area is 307 Å². The van der Waals surface area contributed by atoms with Gasteiger partial charge >= 0.3 is 0 Å². The number of hydrogen-bond acceptors (Lipinski definition) is 4. The summed E-state index contributed by atoms with van der Waals surface area (Å²) in [6, 6.07) is 52.8. The van der Waals surface area contributed by atoms with Crippen molar-refractivity contribution in [3.8, 4) is 44.8 Å². The van der Waals surface area contributed by atoms with Gasteiger partial charge in [0.2, 0.25) is 0 Å². The van der Waals surface area contributed by atoms with Gasteiger partial charge in [0.1, 0.15) is 0 Å². The molecule has 4 nitrogen and oxygen atoms in total. The van der Waals surface area contributed by atoms with Gasteiger partial charge in [0.05, 0.1) is 33.3 Å². The highest BCUT2D eigenvalue weighted by molar-refractivity contribution is 6.10. The summed E-state index contributed by atoms with van der Waals surface area (Å²) in [7, 11) is 0. The van der Waals surface area contributed by atoms with Gasteiger partial charge in [-0.2, -0.15) is 0 Å². The maximum absolute atomic E-state index is 5.06. The van der Waals surface area contributed by atoms with E-state index in [1.165, 1.54) is 11.1 Å². The van der Waals surface area contributed by atoms with Gasteiger partial charge in [0.15, 0.2) is 0 Å². The molecule has 5 aromatic carbocycles. The molecule has 0 aliphatic carbocycles. The molecule has 250 valence electrons. The number of pyridine rings is 4. The van der Waals surface area contributed by atoms with Crippen molar-refractivity contribution in [2.45, 2.75) is 6.92 Å². The average molecular weight is 679 g/mol. The van der Waals surface area contributed by atoms with Crippen LogP contribution in [-0.4, -0.2) is 19.9 Å². The first kappa shape index (κ1) is 31.9. The predicted octanol–water partition coefficient (Wildman–Crippen LogP) is 10.7. The van der Waals surface area contributed by atoms with Crippen LogP contribution in [0.3, 0.4) is 0 Å². The zero-order valence-corrected chi connectivity index (χ0v) is 29.2. The zero-order valence-electron chi connectivity index (χ0n) is 29.2. The van der Waals surface area contributed by atoms with Gasteiger partial charge in [-0.3, -0.25) is 9.97 Å². The van der Waals surface area contributed by atoms with E-state index in [4.69, 9.17) is 9.97 Å². The summed E-state index contributed by atoms with van der Waals surface area (Å²) in [6.07, 6.45) is 7.95. The molecular formula is C49H34N4. The molecule has 0 atom stereocenters. The van der Waals surface area contributed by atoms with Crippen molar-refractivity contribution in [3.63, 3.8) is 0 Å². The minimum atomic E-state index is 0.743. The summed E-state index contributed by atoms with van der Waals surface area (Å²) >= 11 is 0. The molecule has 0 aliphatic heterocycles. The third-order valence-electron chi connectivity index (χ3n) is 9.87. The van der Waals surface area contributed by atoms with E-state index in [1.54, 1.807) is 0 Å². The fourth-order valence-corrected chi connectivity index (χ4v) is 7.10. The van der Waals surface area contributed by atoms with Crippen molar-refractivity contribution in [1.29, 1.82) is 0 Å². The SMILES string of the molecule is C=c1nc(-c2cccc(-c3ccccc3)c2)cc/c1=C/C(=C\C)c1ccc2nc(-c3ccc(-c4cc5cccnc5c5ncccc45)cc3)ccc2c1. The summed E-state index contributed by atoms with van der Waals surface area (Å²) in [5.74, 6) is 0. The first-order valence-electron chi connectivity index (χ1n) is 17.8. The average Bonchev–Trinajstić information content (AvgIpc) is 3.23. The number of rotatable bonds is 6. The fourth-order valence-electron chi connectivity index (χ4n) is 7.10. The maximum Gasteiger partial charge on any atom is 0.0970 e. The van der Waals surface area contributed by atoms with Crippen LogP contribution in [0.15, 0.2) is 170 Å². The Morgan fingerprint density at radius 2 is 1.26 bits per heavy atom. The number of nitrogens with zero attached hydrogens (tertiary/aromatic N) is 4. The molecule has 9 rings (SSSR count). The molecule has 0 unspecified atom stereocenters. The van der Waals surface area contributed by atoms with Gasteiger partial charge in [0, 0.05) is 44.9 Å². The van der Waals surface area contributed by atoms with Crippen LogP contribution in [0.5, 0.6) is 0 Å². The van der Waals surface area contributed by atoms with Crippen molar-refractivity contribution in [1.82, 2.24) is 19.9 Å². The molecule has 0 radical (unpaired) electrons. The fraction of sp³-hybridized carbons (Fsp3) is 0.0204. The molecule has 0 saturated carbocycles. The molecule has 0 saturated heterocycles. The largest absolute Gasteiger partial charge is 0.254 e. The topological polar surface area (TPSA) is 51.6 Å². The Balaban J connectivity index is 0.979.